The first-order chi connectivity index (χ1) is 8.18. The van der Waals surface area contributed by atoms with Gasteiger partial charge in [0.15, 0.2) is 0 Å². The van der Waals surface area contributed by atoms with Crippen LogP contribution < -0.4 is 5.32 Å². The molecule has 0 radical (unpaired) electrons. The van der Waals surface area contributed by atoms with Crippen LogP contribution in [0.15, 0.2) is 0 Å². The molecule has 0 aliphatic carbocycles. The van der Waals surface area contributed by atoms with E-state index in [9.17, 15) is 0 Å². The number of rotatable bonds is 8. The third-order valence-corrected chi connectivity index (χ3v) is 3.43. The van der Waals surface area contributed by atoms with Crippen LogP contribution in [-0.2, 0) is 4.74 Å². The van der Waals surface area contributed by atoms with Crippen molar-refractivity contribution < 1.29 is 4.74 Å². The minimum Gasteiger partial charge on any atom is -0.380 e. The highest BCUT2D eigenvalue weighted by atomic mass is 16.5. The van der Waals surface area contributed by atoms with Gasteiger partial charge in [0, 0.05) is 19.7 Å². The van der Waals surface area contributed by atoms with E-state index in [1.165, 1.54) is 38.9 Å². The van der Waals surface area contributed by atoms with E-state index in [1.54, 1.807) is 0 Å². The van der Waals surface area contributed by atoms with E-state index in [-0.39, 0.29) is 0 Å². The summed E-state index contributed by atoms with van der Waals surface area (Å²) >= 11 is 0. The van der Waals surface area contributed by atoms with Crippen LogP contribution in [0.2, 0.25) is 0 Å². The van der Waals surface area contributed by atoms with Crippen molar-refractivity contribution in [1.82, 2.24) is 10.2 Å². The Hall–Kier alpha value is -0.120. The van der Waals surface area contributed by atoms with E-state index >= 15 is 0 Å². The second kappa shape index (κ2) is 8.90. The Morgan fingerprint density at radius 3 is 2.82 bits per heavy atom. The fraction of sp³-hybridized carbons (Fsp3) is 1.00. The predicted octanol–water partition coefficient (Wildman–Crippen LogP) is 1.98. The van der Waals surface area contributed by atoms with Crippen molar-refractivity contribution in [2.45, 2.75) is 33.1 Å². The van der Waals surface area contributed by atoms with Crippen molar-refractivity contribution in [3.63, 3.8) is 0 Å². The maximum Gasteiger partial charge on any atom is 0.0593 e. The van der Waals surface area contributed by atoms with E-state index in [1.807, 2.05) is 0 Å². The summed E-state index contributed by atoms with van der Waals surface area (Å²) < 4.78 is 5.65. The number of likely N-dealkylation sites (N-methyl/N-ethyl adjacent to an activating group) is 1. The highest BCUT2D eigenvalue weighted by molar-refractivity contribution is 4.71. The fourth-order valence-electron chi connectivity index (χ4n) is 2.25. The van der Waals surface area contributed by atoms with E-state index in [4.69, 9.17) is 4.74 Å². The number of hydrogen-bond acceptors (Lipinski definition) is 3. The van der Waals surface area contributed by atoms with Gasteiger partial charge in [0.25, 0.3) is 0 Å². The lowest BCUT2D eigenvalue weighted by molar-refractivity contribution is 0.0973. The van der Waals surface area contributed by atoms with Crippen molar-refractivity contribution in [3.05, 3.63) is 0 Å². The molecule has 0 bridgehead atoms. The van der Waals surface area contributed by atoms with Gasteiger partial charge in [0.1, 0.15) is 0 Å². The normalized spacial score (nSPS) is 21.4. The maximum atomic E-state index is 5.65. The summed E-state index contributed by atoms with van der Waals surface area (Å²) in [7, 11) is 2.21. The van der Waals surface area contributed by atoms with Gasteiger partial charge in [-0.05, 0) is 51.2 Å². The minimum absolute atomic E-state index is 0.751. The SMILES string of the molecule is CC(C)CCOCCN(C)CC1CCCNC1. The highest BCUT2D eigenvalue weighted by Crippen LogP contribution is 2.10. The van der Waals surface area contributed by atoms with Crippen LogP contribution in [0.5, 0.6) is 0 Å². The van der Waals surface area contributed by atoms with Gasteiger partial charge in [-0.3, -0.25) is 0 Å². The molecule has 1 fully saturated rings. The summed E-state index contributed by atoms with van der Waals surface area (Å²) in [6.45, 7) is 10.9. The smallest absolute Gasteiger partial charge is 0.0593 e. The van der Waals surface area contributed by atoms with Crippen molar-refractivity contribution in [2.24, 2.45) is 11.8 Å². The molecule has 1 saturated heterocycles. The maximum absolute atomic E-state index is 5.65. The van der Waals surface area contributed by atoms with Crippen LogP contribution >= 0.6 is 0 Å². The first-order valence-electron chi connectivity index (χ1n) is 7.15. The van der Waals surface area contributed by atoms with Gasteiger partial charge in [-0.1, -0.05) is 13.8 Å². The van der Waals surface area contributed by atoms with Gasteiger partial charge in [0.05, 0.1) is 6.61 Å². The zero-order valence-corrected chi connectivity index (χ0v) is 11.9. The van der Waals surface area contributed by atoms with Gasteiger partial charge >= 0.3 is 0 Å². The lowest BCUT2D eigenvalue weighted by Gasteiger charge is -2.27. The lowest BCUT2D eigenvalue weighted by atomic mass is 9.99. The molecule has 0 spiro atoms. The van der Waals surface area contributed by atoms with Crippen molar-refractivity contribution in [3.8, 4) is 0 Å². The number of ether oxygens (including phenoxy) is 1. The molecule has 1 heterocycles. The fourth-order valence-corrected chi connectivity index (χ4v) is 2.25. The molecule has 0 aromatic heterocycles. The first-order valence-corrected chi connectivity index (χ1v) is 7.15. The van der Waals surface area contributed by atoms with Crippen molar-refractivity contribution in [2.75, 3.05) is 46.4 Å². The van der Waals surface area contributed by atoms with E-state index < -0.39 is 0 Å². The van der Waals surface area contributed by atoms with Gasteiger partial charge in [-0.25, -0.2) is 0 Å². The van der Waals surface area contributed by atoms with Gasteiger partial charge in [-0.2, -0.15) is 0 Å². The number of hydrogen-bond donors (Lipinski definition) is 1. The van der Waals surface area contributed by atoms with E-state index in [2.05, 4.69) is 31.1 Å². The topological polar surface area (TPSA) is 24.5 Å². The molecular formula is C14H30N2O. The Balaban J connectivity index is 1.95. The molecule has 1 aliphatic heterocycles. The average molecular weight is 242 g/mol. The van der Waals surface area contributed by atoms with E-state index in [0.717, 1.165) is 31.6 Å². The molecule has 17 heavy (non-hydrogen) atoms. The molecule has 0 aromatic rings. The number of nitrogens with zero attached hydrogens (tertiary/aromatic N) is 1. The predicted molar refractivity (Wildman–Crippen MR) is 73.4 cm³/mol. The second-order valence-electron chi connectivity index (χ2n) is 5.77. The zero-order chi connectivity index (χ0) is 12.5. The van der Waals surface area contributed by atoms with Crippen LogP contribution in [-0.4, -0.2) is 51.3 Å². The number of nitrogens with one attached hydrogen (secondary N) is 1. The minimum atomic E-state index is 0.751. The van der Waals surface area contributed by atoms with Crippen LogP contribution in [0.1, 0.15) is 33.1 Å². The molecule has 0 amide bonds. The third-order valence-electron chi connectivity index (χ3n) is 3.43. The molecule has 1 atom stereocenters. The molecule has 1 N–H and O–H groups in total. The van der Waals surface area contributed by atoms with E-state index in [0.29, 0.717) is 0 Å². The molecule has 3 nitrogen and oxygen atoms in total. The summed E-state index contributed by atoms with van der Waals surface area (Å²) in [5.74, 6) is 1.59. The molecule has 1 unspecified atom stereocenters. The Bertz CT molecular complexity index is 179. The summed E-state index contributed by atoms with van der Waals surface area (Å²) in [4.78, 5) is 2.41. The highest BCUT2D eigenvalue weighted by Gasteiger charge is 2.14. The molecular weight excluding hydrogens is 212 g/mol. The van der Waals surface area contributed by atoms with Crippen molar-refractivity contribution >= 4 is 0 Å². The summed E-state index contributed by atoms with van der Waals surface area (Å²) in [6.07, 6.45) is 3.89. The Morgan fingerprint density at radius 1 is 1.35 bits per heavy atom. The summed E-state index contributed by atoms with van der Waals surface area (Å²) in [5.41, 5.74) is 0. The molecule has 0 aromatic carbocycles. The molecule has 3 heteroatoms. The van der Waals surface area contributed by atoms with Gasteiger partial charge in [0.2, 0.25) is 0 Å². The Labute approximate surface area is 107 Å². The Morgan fingerprint density at radius 2 is 2.18 bits per heavy atom. The average Bonchev–Trinajstić information content (AvgIpc) is 2.29. The third kappa shape index (κ3) is 7.74. The van der Waals surface area contributed by atoms with Crippen molar-refractivity contribution in [1.29, 1.82) is 0 Å². The van der Waals surface area contributed by atoms with Gasteiger partial charge < -0.3 is 15.0 Å². The molecule has 1 aliphatic rings. The monoisotopic (exact) mass is 242 g/mol. The zero-order valence-electron chi connectivity index (χ0n) is 11.9. The molecule has 0 saturated carbocycles. The van der Waals surface area contributed by atoms with Crippen LogP contribution in [0.3, 0.4) is 0 Å². The standard InChI is InChI=1S/C14H30N2O/c1-13(2)6-9-17-10-8-16(3)12-14-5-4-7-15-11-14/h13-15H,4-12H2,1-3H3. The Kier molecular flexibility index (Phi) is 7.82. The van der Waals surface area contributed by atoms with Gasteiger partial charge in [-0.15, -0.1) is 0 Å². The quantitative estimate of drug-likeness (QED) is 0.659. The molecule has 1 rings (SSSR count). The second-order valence-corrected chi connectivity index (χ2v) is 5.77. The van der Waals surface area contributed by atoms with Crippen LogP contribution in [0.25, 0.3) is 0 Å². The summed E-state index contributed by atoms with van der Waals surface area (Å²) in [5, 5.41) is 3.47. The molecule has 102 valence electrons. The first kappa shape index (κ1) is 14.9. The van der Waals surface area contributed by atoms with Crippen LogP contribution in [0.4, 0.5) is 0 Å². The largest absolute Gasteiger partial charge is 0.380 e. The van der Waals surface area contributed by atoms with Crippen LogP contribution in [0, 0.1) is 11.8 Å². The summed E-state index contributed by atoms with van der Waals surface area (Å²) in [6, 6.07) is 0. The number of piperidine rings is 1. The lowest BCUT2D eigenvalue weighted by Crippen LogP contribution is -2.37.